The zero-order valence-electron chi connectivity index (χ0n) is 18.5. The molecule has 0 saturated carbocycles. The second kappa shape index (κ2) is 10.3. The van der Waals surface area contributed by atoms with Gasteiger partial charge in [0, 0.05) is 25.9 Å². The van der Waals surface area contributed by atoms with Gasteiger partial charge in [-0.3, -0.25) is 0 Å². The highest BCUT2D eigenvalue weighted by atomic mass is 32.2. The van der Waals surface area contributed by atoms with E-state index in [4.69, 9.17) is 13.0 Å². The first-order valence-electron chi connectivity index (χ1n) is 9.80. The van der Waals surface area contributed by atoms with Crippen LogP contribution in [-0.4, -0.2) is 33.3 Å². The lowest BCUT2D eigenvalue weighted by molar-refractivity contribution is -0.692. The van der Waals surface area contributed by atoms with Crippen LogP contribution < -0.4 is 9.47 Å². The van der Waals surface area contributed by atoms with Gasteiger partial charge < -0.3 is 9.45 Å². The van der Waals surface area contributed by atoms with Crippen LogP contribution in [0.15, 0.2) is 60.9 Å². The third-order valence-electron chi connectivity index (χ3n) is 4.58. The summed E-state index contributed by atoms with van der Waals surface area (Å²) in [6, 6.07) is 11.6. The van der Waals surface area contributed by atoms with E-state index in [2.05, 4.69) is 0 Å². The number of pyridine rings is 1. The molecule has 0 saturated heterocycles. The van der Waals surface area contributed by atoms with Crippen molar-refractivity contribution in [3.8, 4) is 22.3 Å². The van der Waals surface area contributed by atoms with Gasteiger partial charge in [-0.05, 0) is 30.7 Å². The molecule has 3 aromatic rings. The molecule has 0 amide bonds. The van der Waals surface area contributed by atoms with E-state index >= 15 is 0 Å². The molecule has 0 aliphatic rings. The minimum Gasteiger partial charge on any atom is -0.748 e. The maximum absolute atomic E-state index is 14.5. The third kappa shape index (κ3) is 7.26. The number of hydrogen-bond acceptors (Lipinski definition) is 4. The molecule has 0 bridgehead atoms. The molecule has 0 atom stereocenters. The Bertz CT molecular complexity index is 1220. The summed E-state index contributed by atoms with van der Waals surface area (Å²) in [4.78, 5) is 1.80. The van der Waals surface area contributed by atoms with Crippen LogP contribution >= 0.6 is 0 Å². The van der Waals surface area contributed by atoms with Crippen molar-refractivity contribution in [2.24, 2.45) is 0 Å². The van der Waals surface area contributed by atoms with Crippen LogP contribution in [0.2, 0.25) is 0 Å². The summed E-state index contributed by atoms with van der Waals surface area (Å²) in [6.45, 7) is 2.53. The summed E-state index contributed by atoms with van der Waals surface area (Å²) in [5.41, 5.74) is 2.02. The highest BCUT2D eigenvalue weighted by Crippen LogP contribution is 2.40. The first kappa shape index (κ1) is 26.3. The number of nitrogens with zero attached hydrogens (tertiary/aromatic N) is 2. The Labute approximate surface area is 190 Å². The van der Waals surface area contributed by atoms with Crippen LogP contribution in [0.5, 0.6) is 0 Å². The zero-order chi connectivity index (χ0) is 25.0. The molecule has 0 N–H and O–H groups in total. The van der Waals surface area contributed by atoms with Crippen molar-refractivity contribution in [3.05, 3.63) is 72.3 Å². The van der Waals surface area contributed by atoms with Gasteiger partial charge in [0.15, 0.2) is 12.4 Å². The lowest BCUT2D eigenvalue weighted by atomic mass is 9.96. The Hall–Kier alpha value is -2.98. The maximum atomic E-state index is 14.5. The molecule has 0 fully saturated rings. The first-order chi connectivity index (χ1) is 15.2. The maximum Gasteiger partial charge on any atom is 0.416 e. The van der Waals surface area contributed by atoms with Gasteiger partial charge in [-0.1, -0.05) is 30.3 Å². The fourth-order valence-corrected chi connectivity index (χ4v) is 3.25. The summed E-state index contributed by atoms with van der Waals surface area (Å²) in [7, 11) is -0.319. The Balaban J connectivity index is 0.000000696. The number of alkyl halides is 3. The van der Waals surface area contributed by atoms with E-state index in [-0.39, 0.29) is 5.82 Å². The molecule has 1 aromatic heterocycles. The van der Waals surface area contributed by atoms with E-state index < -0.39 is 21.9 Å². The summed E-state index contributed by atoms with van der Waals surface area (Å²) in [5, 5.41) is 0. The number of anilines is 1. The van der Waals surface area contributed by atoms with Gasteiger partial charge in [-0.25, -0.2) is 17.4 Å². The largest absolute Gasteiger partial charge is 0.748 e. The van der Waals surface area contributed by atoms with Crippen molar-refractivity contribution < 1.29 is 35.1 Å². The summed E-state index contributed by atoms with van der Waals surface area (Å²) < 4.78 is 83.3. The summed E-state index contributed by atoms with van der Waals surface area (Å²) >= 11 is 0. The van der Waals surface area contributed by atoms with Gasteiger partial charge >= 0.3 is 6.18 Å². The molecule has 5 nitrogen and oxygen atoms in total. The molecule has 0 radical (unpaired) electrons. The highest BCUT2D eigenvalue weighted by Gasteiger charge is 2.31. The number of hydrogen-bond donors (Lipinski definition) is 0. The highest BCUT2D eigenvalue weighted by molar-refractivity contribution is 7.84. The van der Waals surface area contributed by atoms with E-state index in [1.54, 1.807) is 49.5 Å². The Morgan fingerprint density at radius 3 is 2.06 bits per heavy atom. The van der Waals surface area contributed by atoms with Crippen molar-refractivity contribution in [1.82, 2.24) is 0 Å². The SMILES string of the molecule is CC[n+]1cc(-c2cccc(C(F)(F)F)c2)c(N(C)C)c(-c2ccccc2F)c1.CS(=O)(=O)[O-]. The van der Waals surface area contributed by atoms with Gasteiger partial charge in [0.25, 0.3) is 0 Å². The molecule has 10 heteroatoms. The van der Waals surface area contributed by atoms with Gasteiger partial charge in [-0.15, -0.1) is 0 Å². The molecule has 0 unspecified atom stereocenters. The average Bonchev–Trinajstić information content (AvgIpc) is 2.71. The molecule has 0 spiro atoms. The minimum absolute atomic E-state index is 0.380. The normalized spacial score (nSPS) is 11.5. The second-order valence-electron chi connectivity index (χ2n) is 7.42. The van der Waals surface area contributed by atoms with Crippen LogP contribution in [0.4, 0.5) is 23.2 Å². The van der Waals surface area contributed by atoms with E-state index in [1.165, 1.54) is 12.1 Å². The Kier molecular flexibility index (Phi) is 8.20. The molecule has 0 aliphatic carbocycles. The molecule has 3 rings (SSSR count). The number of halogens is 4. The first-order valence-corrected chi connectivity index (χ1v) is 11.6. The van der Waals surface area contributed by atoms with Gasteiger partial charge in [0.05, 0.1) is 32.5 Å². The number of aryl methyl sites for hydroxylation is 1. The van der Waals surface area contributed by atoms with Crippen molar-refractivity contribution in [1.29, 1.82) is 0 Å². The predicted molar refractivity (Wildman–Crippen MR) is 118 cm³/mol. The van der Waals surface area contributed by atoms with E-state index in [0.717, 1.165) is 12.1 Å². The number of benzene rings is 2. The fourth-order valence-electron chi connectivity index (χ4n) is 3.25. The molecule has 0 aliphatic heterocycles. The van der Waals surface area contributed by atoms with Crippen LogP contribution in [0.3, 0.4) is 0 Å². The average molecular weight is 485 g/mol. The quantitative estimate of drug-likeness (QED) is 0.306. The Morgan fingerprint density at radius 2 is 1.55 bits per heavy atom. The smallest absolute Gasteiger partial charge is 0.416 e. The van der Waals surface area contributed by atoms with Gasteiger partial charge in [0.2, 0.25) is 0 Å². The fraction of sp³-hybridized carbons (Fsp3) is 0.261. The Morgan fingerprint density at radius 1 is 0.970 bits per heavy atom. The lowest BCUT2D eigenvalue weighted by Crippen LogP contribution is -2.33. The van der Waals surface area contributed by atoms with Crippen molar-refractivity contribution in [2.75, 3.05) is 25.3 Å². The van der Waals surface area contributed by atoms with E-state index in [9.17, 15) is 17.6 Å². The number of aromatic nitrogens is 1. The monoisotopic (exact) mass is 484 g/mol. The second-order valence-corrected chi connectivity index (χ2v) is 8.83. The topological polar surface area (TPSA) is 64.3 Å². The van der Waals surface area contributed by atoms with Crippen LogP contribution in [0.25, 0.3) is 22.3 Å². The molecule has 33 heavy (non-hydrogen) atoms. The van der Waals surface area contributed by atoms with E-state index in [0.29, 0.717) is 40.7 Å². The third-order valence-corrected chi connectivity index (χ3v) is 4.58. The predicted octanol–water partition coefficient (Wildman–Crippen LogP) is 4.71. The van der Waals surface area contributed by atoms with Gasteiger partial charge in [-0.2, -0.15) is 13.2 Å². The van der Waals surface area contributed by atoms with Crippen LogP contribution in [-0.2, 0) is 22.8 Å². The van der Waals surface area contributed by atoms with Crippen LogP contribution in [0.1, 0.15) is 12.5 Å². The lowest BCUT2D eigenvalue weighted by Gasteiger charge is -2.21. The molecule has 178 valence electrons. The molecule has 2 aromatic carbocycles. The summed E-state index contributed by atoms with van der Waals surface area (Å²) in [6.07, 6.45) is -0.203. The number of rotatable bonds is 4. The minimum atomic E-state index is -4.43. The zero-order valence-corrected chi connectivity index (χ0v) is 19.3. The standard InChI is InChI=1S/C22H21F4N2.CH4O3S/c1-4-28-13-18(15-8-7-9-16(12-15)22(24,25)26)21(27(2)3)19(14-28)17-10-5-6-11-20(17)23;1-5(2,3)4/h5-14H,4H2,1-3H3;1H3,(H,2,3,4)/q+1;/p-1. The molecule has 1 heterocycles. The van der Waals surface area contributed by atoms with Crippen LogP contribution in [0, 0.1) is 5.82 Å². The molecular weight excluding hydrogens is 460 g/mol. The van der Waals surface area contributed by atoms with E-state index in [1.807, 2.05) is 17.7 Å². The van der Waals surface area contributed by atoms with Crippen molar-refractivity contribution in [2.45, 2.75) is 19.6 Å². The molecular formula is C23H24F4N2O3S. The van der Waals surface area contributed by atoms with Crippen molar-refractivity contribution >= 4 is 15.8 Å². The summed E-state index contributed by atoms with van der Waals surface area (Å²) in [5.74, 6) is -0.380. The van der Waals surface area contributed by atoms with Crippen molar-refractivity contribution in [3.63, 3.8) is 0 Å². The van der Waals surface area contributed by atoms with Gasteiger partial charge in [0.1, 0.15) is 12.4 Å².